The standard InChI is InChI=1S/C14H13ClN2OS/c15-12-8-10(6-7-13(12)16)17-14(18)9-19-11-4-2-1-3-5-11/h1-8H,9,16H2,(H,17,18). The first-order chi connectivity index (χ1) is 9.15. The second-order valence-corrected chi connectivity index (χ2v) is 5.34. The molecule has 0 aliphatic carbocycles. The Balaban J connectivity index is 1.89. The van der Waals surface area contributed by atoms with Crippen LogP contribution in [0.15, 0.2) is 53.4 Å². The van der Waals surface area contributed by atoms with Crippen molar-refractivity contribution >= 4 is 40.6 Å². The highest BCUT2D eigenvalue weighted by molar-refractivity contribution is 8.00. The minimum Gasteiger partial charge on any atom is -0.398 e. The van der Waals surface area contributed by atoms with E-state index in [9.17, 15) is 4.79 Å². The monoisotopic (exact) mass is 292 g/mol. The summed E-state index contributed by atoms with van der Waals surface area (Å²) in [7, 11) is 0. The summed E-state index contributed by atoms with van der Waals surface area (Å²) in [6.07, 6.45) is 0. The highest BCUT2D eigenvalue weighted by Gasteiger charge is 2.05. The molecule has 2 aromatic rings. The predicted molar refractivity (Wildman–Crippen MR) is 81.7 cm³/mol. The first kappa shape index (κ1) is 13.8. The Labute approximate surface area is 121 Å². The van der Waals surface area contributed by atoms with Gasteiger partial charge in [-0.3, -0.25) is 4.79 Å². The van der Waals surface area contributed by atoms with Crippen LogP contribution in [-0.4, -0.2) is 11.7 Å². The Morgan fingerprint density at radius 2 is 1.95 bits per heavy atom. The molecule has 0 fully saturated rings. The van der Waals surface area contributed by atoms with Crippen LogP contribution in [0.25, 0.3) is 0 Å². The van der Waals surface area contributed by atoms with Crippen molar-refractivity contribution in [2.75, 3.05) is 16.8 Å². The van der Waals surface area contributed by atoms with Crippen molar-refractivity contribution in [3.8, 4) is 0 Å². The molecule has 3 nitrogen and oxygen atoms in total. The second-order valence-electron chi connectivity index (χ2n) is 3.89. The summed E-state index contributed by atoms with van der Waals surface area (Å²) in [6, 6.07) is 14.8. The minimum atomic E-state index is -0.0744. The average molecular weight is 293 g/mol. The summed E-state index contributed by atoms with van der Waals surface area (Å²) < 4.78 is 0. The fraction of sp³-hybridized carbons (Fsp3) is 0.0714. The summed E-state index contributed by atoms with van der Waals surface area (Å²) in [4.78, 5) is 12.8. The number of halogens is 1. The Morgan fingerprint density at radius 3 is 2.63 bits per heavy atom. The lowest BCUT2D eigenvalue weighted by molar-refractivity contribution is -0.113. The molecule has 0 aliphatic heterocycles. The first-order valence-electron chi connectivity index (χ1n) is 5.68. The number of nitrogens with two attached hydrogens (primary N) is 1. The molecule has 19 heavy (non-hydrogen) atoms. The van der Waals surface area contributed by atoms with E-state index in [1.807, 2.05) is 30.3 Å². The zero-order valence-electron chi connectivity index (χ0n) is 10.1. The van der Waals surface area contributed by atoms with E-state index in [2.05, 4.69) is 5.32 Å². The molecule has 5 heteroatoms. The number of thioether (sulfide) groups is 1. The highest BCUT2D eigenvalue weighted by Crippen LogP contribution is 2.23. The topological polar surface area (TPSA) is 55.1 Å². The number of carbonyl (C=O) groups excluding carboxylic acids is 1. The van der Waals surface area contributed by atoms with Gasteiger partial charge in [0.1, 0.15) is 0 Å². The van der Waals surface area contributed by atoms with Gasteiger partial charge in [-0.1, -0.05) is 29.8 Å². The van der Waals surface area contributed by atoms with E-state index in [-0.39, 0.29) is 5.91 Å². The third-order valence-corrected chi connectivity index (χ3v) is 3.74. The van der Waals surface area contributed by atoms with E-state index in [0.717, 1.165) is 4.90 Å². The molecule has 0 saturated heterocycles. The Bertz CT molecular complexity index is 575. The van der Waals surface area contributed by atoms with Gasteiger partial charge in [0.2, 0.25) is 5.91 Å². The van der Waals surface area contributed by atoms with Crippen molar-refractivity contribution in [1.29, 1.82) is 0 Å². The van der Waals surface area contributed by atoms with Crippen LogP contribution >= 0.6 is 23.4 Å². The van der Waals surface area contributed by atoms with Gasteiger partial charge in [-0.2, -0.15) is 0 Å². The summed E-state index contributed by atoms with van der Waals surface area (Å²) in [5.74, 6) is 0.279. The van der Waals surface area contributed by atoms with Gasteiger partial charge in [0, 0.05) is 10.6 Å². The number of nitrogen functional groups attached to an aromatic ring is 1. The molecule has 0 unspecified atom stereocenters. The maximum atomic E-state index is 11.8. The van der Waals surface area contributed by atoms with Gasteiger partial charge in [-0.15, -0.1) is 11.8 Å². The van der Waals surface area contributed by atoms with E-state index < -0.39 is 0 Å². The largest absolute Gasteiger partial charge is 0.398 e. The van der Waals surface area contributed by atoms with Crippen LogP contribution in [-0.2, 0) is 4.79 Å². The minimum absolute atomic E-state index is 0.0744. The highest BCUT2D eigenvalue weighted by atomic mass is 35.5. The zero-order chi connectivity index (χ0) is 13.7. The smallest absolute Gasteiger partial charge is 0.234 e. The molecular formula is C14H13ClN2OS. The molecule has 2 aromatic carbocycles. The lowest BCUT2D eigenvalue weighted by atomic mass is 10.3. The summed E-state index contributed by atoms with van der Waals surface area (Å²) >= 11 is 7.37. The van der Waals surface area contributed by atoms with E-state index >= 15 is 0 Å². The third-order valence-electron chi connectivity index (χ3n) is 2.40. The normalized spacial score (nSPS) is 10.2. The van der Waals surface area contributed by atoms with Gasteiger partial charge in [0.25, 0.3) is 0 Å². The molecule has 0 aliphatic rings. The summed E-state index contributed by atoms with van der Waals surface area (Å²) in [6.45, 7) is 0. The van der Waals surface area contributed by atoms with Crippen LogP contribution in [0.4, 0.5) is 11.4 Å². The number of benzene rings is 2. The SMILES string of the molecule is Nc1ccc(NC(=O)CSc2ccccc2)cc1Cl. The fourth-order valence-corrected chi connectivity index (χ4v) is 2.37. The second kappa shape index (κ2) is 6.50. The van der Waals surface area contributed by atoms with Crippen molar-refractivity contribution < 1.29 is 4.79 Å². The molecule has 98 valence electrons. The van der Waals surface area contributed by atoms with Crippen LogP contribution in [0.5, 0.6) is 0 Å². The molecule has 0 radical (unpaired) electrons. The molecule has 0 spiro atoms. The van der Waals surface area contributed by atoms with E-state index in [4.69, 9.17) is 17.3 Å². The Hall–Kier alpha value is -1.65. The molecule has 0 heterocycles. The first-order valence-corrected chi connectivity index (χ1v) is 7.04. The summed E-state index contributed by atoms with van der Waals surface area (Å²) in [5.41, 5.74) is 6.75. The number of nitrogens with one attached hydrogen (secondary N) is 1. The van der Waals surface area contributed by atoms with Gasteiger partial charge in [0.15, 0.2) is 0 Å². The third kappa shape index (κ3) is 4.19. The van der Waals surface area contributed by atoms with Gasteiger partial charge < -0.3 is 11.1 Å². The number of amides is 1. The molecule has 0 atom stereocenters. The van der Waals surface area contributed by atoms with E-state index in [1.165, 1.54) is 11.8 Å². The molecule has 0 saturated carbocycles. The van der Waals surface area contributed by atoms with Crippen molar-refractivity contribution in [2.24, 2.45) is 0 Å². The lowest BCUT2D eigenvalue weighted by Crippen LogP contribution is -2.14. The molecule has 0 aromatic heterocycles. The number of rotatable bonds is 4. The fourth-order valence-electron chi connectivity index (χ4n) is 1.47. The lowest BCUT2D eigenvalue weighted by Gasteiger charge is -2.06. The van der Waals surface area contributed by atoms with Crippen molar-refractivity contribution in [2.45, 2.75) is 4.90 Å². The van der Waals surface area contributed by atoms with Gasteiger partial charge in [-0.05, 0) is 30.3 Å². The van der Waals surface area contributed by atoms with Crippen LogP contribution in [0, 0.1) is 0 Å². The van der Waals surface area contributed by atoms with Crippen LogP contribution in [0.3, 0.4) is 0 Å². The number of hydrogen-bond donors (Lipinski definition) is 2. The maximum Gasteiger partial charge on any atom is 0.234 e. The number of anilines is 2. The number of carbonyl (C=O) groups is 1. The van der Waals surface area contributed by atoms with E-state index in [0.29, 0.717) is 22.2 Å². The van der Waals surface area contributed by atoms with Gasteiger partial charge >= 0.3 is 0 Å². The van der Waals surface area contributed by atoms with E-state index in [1.54, 1.807) is 18.2 Å². The van der Waals surface area contributed by atoms with Gasteiger partial charge in [-0.25, -0.2) is 0 Å². The molecule has 2 rings (SSSR count). The van der Waals surface area contributed by atoms with Crippen molar-refractivity contribution in [3.63, 3.8) is 0 Å². The molecule has 3 N–H and O–H groups in total. The number of hydrogen-bond acceptors (Lipinski definition) is 3. The quantitative estimate of drug-likeness (QED) is 0.668. The maximum absolute atomic E-state index is 11.8. The average Bonchev–Trinajstić information content (AvgIpc) is 2.42. The molecule has 1 amide bonds. The Kier molecular flexibility index (Phi) is 4.71. The molecule has 0 bridgehead atoms. The predicted octanol–water partition coefficient (Wildman–Crippen LogP) is 3.65. The summed E-state index contributed by atoms with van der Waals surface area (Å²) in [5, 5.41) is 3.22. The van der Waals surface area contributed by atoms with Crippen molar-refractivity contribution in [1.82, 2.24) is 0 Å². The Morgan fingerprint density at radius 1 is 1.21 bits per heavy atom. The van der Waals surface area contributed by atoms with Crippen LogP contribution in [0.1, 0.15) is 0 Å². The van der Waals surface area contributed by atoms with Crippen LogP contribution < -0.4 is 11.1 Å². The molecular weight excluding hydrogens is 280 g/mol. The van der Waals surface area contributed by atoms with Gasteiger partial charge in [0.05, 0.1) is 16.5 Å². The van der Waals surface area contributed by atoms with Crippen LogP contribution in [0.2, 0.25) is 5.02 Å². The zero-order valence-corrected chi connectivity index (χ0v) is 11.7. The van der Waals surface area contributed by atoms with Crippen molar-refractivity contribution in [3.05, 3.63) is 53.6 Å².